The Labute approximate surface area is 109 Å². The molecule has 0 aliphatic rings. The van der Waals surface area contributed by atoms with E-state index in [9.17, 15) is 0 Å². The van der Waals surface area contributed by atoms with E-state index in [1.807, 2.05) is 19.1 Å². The Kier molecular flexibility index (Phi) is 4.37. The number of benzene rings is 1. The predicted molar refractivity (Wildman–Crippen MR) is 73.8 cm³/mol. The zero-order valence-corrected chi connectivity index (χ0v) is 11.6. The van der Waals surface area contributed by atoms with Crippen molar-refractivity contribution in [3.05, 3.63) is 41.0 Å². The Hall–Kier alpha value is -1.26. The van der Waals surface area contributed by atoms with E-state index < -0.39 is 0 Å². The van der Waals surface area contributed by atoms with Crippen molar-refractivity contribution < 1.29 is 0 Å². The van der Waals surface area contributed by atoms with E-state index in [1.54, 1.807) is 0 Å². The van der Waals surface area contributed by atoms with Gasteiger partial charge in [0.25, 0.3) is 0 Å². The Balaban J connectivity index is 3.13. The van der Waals surface area contributed by atoms with Gasteiger partial charge in [0.05, 0.1) is 11.1 Å². The average Bonchev–Trinajstić information content (AvgIpc) is 2.29. The average molecular weight is 248 g/mol. The van der Waals surface area contributed by atoms with E-state index in [-0.39, 0.29) is 5.41 Å². The summed E-state index contributed by atoms with van der Waals surface area (Å²) in [4.78, 5) is 0. The summed E-state index contributed by atoms with van der Waals surface area (Å²) < 4.78 is 0. The number of hydrogen-bond donors (Lipinski definition) is 0. The third-order valence-electron chi connectivity index (χ3n) is 2.76. The monoisotopic (exact) mass is 247 g/mol. The number of rotatable bonds is 2. The van der Waals surface area contributed by atoms with Gasteiger partial charge in [-0.2, -0.15) is 5.26 Å². The molecule has 0 heterocycles. The normalized spacial score (nSPS) is 12.9. The maximum Gasteiger partial charge on any atom is 0.0962 e. The van der Waals surface area contributed by atoms with Crippen LogP contribution < -0.4 is 0 Å². The van der Waals surface area contributed by atoms with Crippen molar-refractivity contribution in [3.8, 4) is 6.07 Å². The minimum Gasteiger partial charge on any atom is -0.193 e. The van der Waals surface area contributed by atoms with Crippen molar-refractivity contribution in [2.75, 3.05) is 0 Å². The second-order valence-corrected chi connectivity index (χ2v) is 5.46. The molecule has 17 heavy (non-hydrogen) atoms. The largest absolute Gasteiger partial charge is 0.193 e. The Morgan fingerprint density at radius 1 is 1.24 bits per heavy atom. The summed E-state index contributed by atoms with van der Waals surface area (Å²) in [6.07, 6.45) is 0.663. The molecular formula is C15H18ClN. The third kappa shape index (κ3) is 3.35. The zero-order chi connectivity index (χ0) is 13.1. The van der Waals surface area contributed by atoms with Gasteiger partial charge in [0.15, 0.2) is 0 Å². The van der Waals surface area contributed by atoms with Gasteiger partial charge in [0.1, 0.15) is 0 Å². The molecule has 1 aromatic carbocycles. The summed E-state index contributed by atoms with van der Waals surface area (Å²) >= 11 is 6.20. The highest BCUT2D eigenvalue weighted by atomic mass is 35.5. The first-order chi connectivity index (χ1) is 7.90. The van der Waals surface area contributed by atoms with Crippen LogP contribution in [0.4, 0.5) is 0 Å². The predicted octanol–water partition coefficient (Wildman–Crippen LogP) is 4.87. The first-order valence-corrected chi connectivity index (χ1v) is 6.17. The highest BCUT2D eigenvalue weighted by Gasteiger charge is 2.13. The Morgan fingerprint density at radius 2 is 1.76 bits per heavy atom. The third-order valence-corrected chi connectivity index (χ3v) is 3.20. The number of allylic oxidation sites excluding steroid dienone is 1. The van der Waals surface area contributed by atoms with Gasteiger partial charge in [-0.3, -0.25) is 0 Å². The van der Waals surface area contributed by atoms with Crippen LogP contribution in [-0.2, 0) is 5.41 Å². The summed E-state index contributed by atoms with van der Waals surface area (Å²) in [6, 6.07) is 10.3. The molecule has 0 N–H and O–H groups in total. The van der Waals surface area contributed by atoms with Crippen molar-refractivity contribution in [2.24, 2.45) is 0 Å². The topological polar surface area (TPSA) is 23.8 Å². The fourth-order valence-electron chi connectivity index (χ4n) is 1.57. The second-order valence-electron chi connectivity index (χ2n) is 5.09. The molecule has 0 aliphatic carbocycles. The Bertz CT molecular complexity index is 455. The van der Waals surface area contributed by atoms with E-state index in [0.717, 1.165) is 5.56 Å². The lowest BCUT2D eigenvalue weighted by atomic mass is 9.86. The van der Waals surface area contributed by atoms with Crippen LogP contribution >= 0.6 is 11.6 Å². The number of nitriles is 1. The van der Waals surface area contributed by atoms with Crippen LogP contribution in [-0.4, -0.2) is 0 Å². The first-order valence-electron chi connectivity index (χ1n) is 5.79. The maximum atomic E-state index is 8.95. The standard InChI is InChI=1S/C15H18ClN/c1-5-11(10-17)14(16)12-6-8-13(9-7-12)15(2,3)4/h6-9H,5H2,1-4H3. The van der Waals surface area contributed by atoms with Gasteiger partial charge in [-0.25, -0.2) is 0 Å². The molecule has 90 valence electrons. The molecule has 0 atom stereocenters. The molecule has 0 unspecified atom stereocenters. The summed E-state index contributed by atoms with van der Waals surface area (Å²) in [5.41, 5.74) is 2.95. The van der Waals surface area contributed by atoms with Gasteiger partial charge >= 0.3 is 0 Å². The SMILES string of the molecule is CCC(C#N)=C(Cl)c1ccc(C(C)(C)C)cc1. The minimum atomic E-state index is 0.136. The van der Waals surface area contributed by atoms with E-state index in [2.05, 4.69) is 39.0 Å². The molecule has 1 rings (SSSR count). The van der Waals surface area contributed by atoms with Gasteiger partial charge in [0.2, 0.25) is 0 Å². The van der Waals surface area contributed by atoms with Gasteiger partial charge in [-0.15, -0.1) is 0 Å². The van der Waals surface area contributed by atoms with Crippen molar-refractivity contribution in [1.82, 2.24) is 0 Å². The molecule has 2 heteroatoms. The van der Waals surface area contributed by atoms with Crippen LogP contribution in [0.25, 0.3) is 5.03 Å². The van der Waals surface area contributed by atoms with Crippen LogP contribution in [0.1, 0.15) is 45.2 Å². The van der Waals surface area contributed by atoms with E-state index >= 15 is 0 Å². The fraction of sp³-hybridized carbons (Fsp3) is 0.400. The molecule has 0 saturated carbocycles. The molecular weight excluding hydrogens is 230 g/mol. The van der Waals surface area contributed by atoms with Crippen LogP contribution in [0, 0.1) is 11.3 Å². The van der Waals surface area contributed by atoms with Crippen LogP contribution in [0.5, 0.6) is 0 Å². The number of nitrogens with zero attached hydrogens (tertiary/aromatic N) is 1. The highest BCUT2D eigenvalue weighted by molar-refractivity contribution is 6.49. The van der Waals surface area contributed by atoms with E-state index in [4.69, 9.17) is 16.9 Å². The number of hydrogen-bond acceptors (Lipinski definition) is 1. The Morgan fingerprint density at radius 3 is 2.12 bits per heavy atom. The molecule has 1 aromatic rings. The van der Waals surface area contributed by atoms with Gasteiger partial charge < -0.3 is 0 Å². The van der Waals surface area contributed by atoms with E-state index in [0.29, 0.717) is 17.0 Å². The molecule has 0 aromatic heterocycles. The molecule has 0 radical (unpaired) electrons. The number of halogens is 1. The zero-order valence-electron chi connectivity index (χ0n) is 10.8. The molecule has 1 nitrogen and oxygen atoms in total. The van der Waals surface area contributed by atoms with Crippen molar-refractivity contribution in [3.63, 3.8) is 0 Å². The van der Waals surface area contributed by atoms with Crippen molar-refractivity contribution >= 4 is 16.6 Å². The highest BCUT2D eigenvalue weighted by Crippen LogP contribution is 2.28. The molecule has 0 bridgehead atoms. The van der Waals surface area contributed by atoms with Gasteiger partial charge in [-0.05, 0) is 23.0 Å². The molecule has 0 amide bonds. The van der Waals surface area contributed by atoms with E-state index in [1.165, 1.54) is 5.56 Å². The quantitative estimate of drug-likeness (QED) is 0.684. The lowest BCUT2D eigenvalue weighted by molar-refractivity contribution is 0.590. The van der Waals surface area contributed by atoms with Gasteiger partial charge in [-0.1, -0.05) is 63.6 Å². The fourth-order valence-corrected chi connectivity index (χ4v) is 1.88. The van der Waals surface area contributed by atoms with Gasteiger partial charge in [0, 0.05) is 5.57 Å². The summed E-state index contributed by atoms with van der Waals surface area (Å²) in [5.74, 6) is 0. The molecule has 0 fully saturated rings. The summed E-state index contributed by atoms with van der Waals surface area (Å²) in [7, 11) is 0. The van der Waals surface area contributed by atoms with Crippen LogP contribution in [0.3, 0.4) is 0 Å². The second kappa shape index (κ2) is 5.38. The lowest BCUT2D eigenvalue weighted by Crippen LogP contribution is -2.10. The summed E-state index contributed by atoms with van der Waals surface area (Å²) in [6.45, 7) is 8.45. The summed E-state index contributed by atoms with van der Waals surface area (Å²) in [5, 5.41) is 9.51. The van der Waals surface area contributed by atoms with Crippen LogP contribution in [0.15, 0.2) is 29.8 Å². The molecule has 0 aliphatic heterocycles. The maximum absolute atomic E-state index is 8.95. The lowest BCUT2D eigenvalue weighted by Gasteiger charge is -2.19. The van der Waals surface area contributed by atoms with Crippen LogP contribution in [0.2, 0.25) is 0 Å². The molecule has 0 spiro atoms. The minimum absolute atomic E-state index is 0.136. The van der Waals surface area contributed by atoms with Crippen molar-refractivity contribution in [1.29, 1.82) is 5.26 Å². The molecule has 0 saturated heterocycles. The smallest absolute Gasteiger partial charge is 0.0962 e. The first kappa shape index (κ1) is 13.8. The van der Waals surface area contributed by atoms with Crippen molar-refractivity contribution in [2.45, 2.75) is 39.5 Å².